The van der Waals surface area contributed by atoms with Gasteiger partial charge in [-0.05, 0) is 55.8 Å². The molecule has 4 rings (SSSR count). The summed E-state index contributed by atoms with van der Waals surface area (Å²) in [5.74, 6) is -0.899. The smallest absolute Gasteiger partial charge is 0.257 e. The predicted molar refractivity (Wildman–Crippen MR) is 132 cm³/mol. The number of hydrogen-bond acceptors (Lipinski definition) is 6. The summed E-state index contributed by atoms with van der Waals surface area (Å²) >= 11 is 7.22. The van der Waals surface area contributed by atoms with Crippen LogP contribution < -0.4 is 10.6 Å². The molecular formula is C24H24ClN5O3S. The molecule has 0 saturated carbocycles. The van der Waals surface area contributed by atoms with Crippen LogP contribution in [0, 0.1) is 5.92 Å². The van der Waals surface area contributed by atoms with E-state index in [0.717, 1.165) is 10.6 Å². The van der Waals surface area contributed by atoms with Crippen molar-refractivity contribution in [1.82, 2.24) is 15.1 Å². The standard InChI is InChI=1S/C24H24ClN5O3S/c1-14(2)30-13-17(12-21(30)31)23(33)26-19-9-5-16(6-10-19)22(32)27-24-29-28-20(34-24)11-15-3-7-18(25)8-4-15/h3-10,14,17H,11-13H2,1-2H3,(H,26,33)(H,27,29,32). The fraction of sp³-hybridized carbons (Fsp3) is 0.292. The van der Waals surface area contributed by atoms with Crippen LogP contribution in [0.15, 0.2) is 48.5 Å². The van der Waals surface area contributed by atoms with Crippen molar-refractivity contribution >= 4 is 51.5 Å². The number of halogens is 1. The number of likely N-dealkylation sites (tertiary alicyclic amines) is 1. The monoisotopic (exact) mass is 497 g/mol. The minimum absolute atomic E-state index is 0.00447. The lowest BCUT2D eigenvalue weighted by Crippen LogP contribution is -2.33. The summed E-state index contributed by atoms with van der Waals surface area (Å²) in [6, 6.07) is 14.1. The van der Waals surface area contributed by atoms with Crippen LogP contribution in [0.2, 0.25) is 5.02 Å². The molecule has 8 nitrogen and oxygen atoms in total. The number of anilines is 2. The normalized spacial score (nSPS) is 15.6. The molecule has 2 N–H and O–H groups in total. The zero-order valence-corrected chi connectivity index (χ0v) is 20.3. The highest BCUT2D eigenvalue weighted by atomic mass is 35.5. The largest absolute Gasteiger partial charge is 0.339 e. The minimum atomic E-state index is -0.377. The van der Waals surface area contributed by atoms with Gasteiger partial charge in [-0.1, -0.05) is 35.1 Å². The molecule has 3 amide bonds. The van der Waals surface area contributed by atoms with Crippen molar-refractivity contribution in [3.05, 3.63) is 69.7 Å². The molecule has 3 aromatic rings. The van der Waals surface area contributed by atoms with Crippen molar-refractivity contribution in [2.75, 3.05) is 17.2 Å². The Morgan fingerprint density at radius 1 is 1.09 bits per heavy atom. The van der Waals surface area contributed by atoms with Crippen molar-refractivity contribution in [2.24, 2.45) is 5.92 Å². The van der Waals surface area contributed by atoms with E-state index in [1.807, 2.05) is 38.1 Å². The van der Waals surface area contributed by atoms with Gasteiger partial charge in [0.05, 0.1) is 5.92 Å². The van der Waals surface area contributed by atoms with Gasteiger partial charge in [0.15, 0.2) is 0 Å². The molecule has 1 unspecified atom stereocenters. The van der Waals surface area contributed by atoms with E-state index < -0.39 is 0 Å². The number of nitrogens with one attached hydrogen (secondary N) is 2. The van der Waals surface area contributed by atoms with Crippen LogP contribution in [0.25, 0.3) is 0 Å². The van der Waals surface area contributed by atoms with Crippen LogP contribution in [-0.4, -0.2) is 45.4 Å². The van der Waals surface area contributed by atoms with Crippen molar-refractivity contribution in [1.29, 1.82) is 0 Å². The summed E-state index contributed by atoms with van der Waals surface area (Å²) in [6.07, 6.45) is 0.812. The molecule has 1 fully saturated rings. The average Bonchev–Trinajstić information content (AvgIpc) is 3.42. The SMILES string of the molecule is CC(C)N1CC(C(=O)Nc2ccc(C(=O)Nc3nnc(Cc4ccc(Cl)cc4)s3)cc2)CC1=O. The molecule has 1 aromatic heterocycles. The highest BCUT2D eigenvalue weighted by molar-refractivity contribution is 7.15. The Balaban J connectivity index is 1.31. The molecule has 1 atom stereocenters. The fourth-order valence-electron chi connectivity index (χ4n) is 3.68. The molecule has 2 heterocycles. The Bertz CT molecular complexity index is 1190. The first kappa shape index (κ1) is 23.8. The second kappa shape index (κ2) is 10.3. The van der Waals surface area contributed by atoms with Crippen LogP contribution in [-0.2, 0) is 16.0 Å². The van der Waals surface area contributed by atoms with Gasteiger partial charge in [0.1, 0.15) is 5.01 Å². The zero-order valence-electron chi connectivity index (χ0n) is 18.7. The van der Waals surface area contributed by atoms with Gasteiger partial charge in [0.25, 0.3) is 5.91 Å². The molecular weight excluding hydrogens is 474 g/mol. The third kappa shape index (κ3) is 5.78. The molecule has 34 heavy (non-hydrogen) atoms. The van der Waals surface area contributed by atoms with Gasteiger partial charge in [-0.2, -0.15) is 0 Å². The van der Waals surface area contributed by atoms with E-state index in [0.29, 0.717) is 34.4 Å². The predicted octanol–water partition coefficient (Wildman–Crippen LogP) is 4.23. The maximum Gasteiger partial charge on any atom is 0.257 e. The summed E-state index contributed by atoms with van der Waals surface area (Å²) in [5.41, 5.74) is 2.04. The van der Waals surface area contributed by atoms with Crippen LogP contribution in [0.1, 0.15) is 41.2 Å². The van der Waals surface area contributed by atoms with Gasteiger partial charge in [-0.15, -0.1) is 10.2 Å². The number of aromatic nitrogens is 2. The molecule has 0 radical (unpaired) electrons. The molecule has 0 spiro atoms. The number of nitrogens with zero attached hydrogens (tertiary/aromatic N) is 3. The first-order chi connectivity index (χ1) is 16.3. The van der Waals surface area contributed by atoms with Gasteiger partial charge >= 0.3 is 0 Å². The van der Waals surface area contributed by atoms with Crippen molar-refractivity contribution in [2.45, 2.75) is 32.7 Å². The topological polar surface area (TPSA) is 104 Å². The van der Waals surface area contributed by atoms with Gasteiger partial charge in [-0.3, -0.25) is 19.7 Å². The van der Waals surface area contributed by atoms with Crippen LogP contribution >= 0.6 is 22.9 Å². The number of rotatable bonds is 7. The number of benzene rings is 2. The summed E-state index contributed by atoms with van der Waals surface area (Å²) in [6.45, 7) is 4.29. The number of carbonyl (C=O) groups excluding carboxylic acids is 3. The Kier molecular flexibility index (Phi) is 7.23. The third-order valence-corrected chi connectivity index (χ3v) is 6.61. The Morgan fingerprint density at radius 3 is 2.44 bits per heavy atom. The van der Waals surface area contributed by atoms with Crippen molar-refractivity contribution in [3.63, 3.8) is 0 Å². The summed E-state index contributed by atoms with van der Waals surface area (Å²) in [7, 11) is 0. The van der Waals surface area contributed by atoms with Crippen LogP contribution in [0.5, 0.6) is 0 Å². The minimum Gasteiger partial charge on any atom is -0.339 e. The summed E-state index contributed by atoms with van der Waals surface area (Å²) in [5, 5.41) is 15.6. The van der Waals surface area contributed by atoms with E-state index in [9.17, 15) is 14.4 Å². The van der Waals surface area contributed by atoms with E-state index in [-0.39, 0.29) is 36.1 Å². The quantitative estimate of drug-likeness (QED) is 0.508. The highest BCUT2D eigenvalue weighted by Gasteiger charge is 2.35. The maximum absolute atomic E-state index is 12.6. The van der Waals surface area contributed by atoms with E-state index in [4.69, 9.17) is 11.6 Å². The first-order valence-electron chi connectivity index (χ1n) is 10.9. The summed E-state index contributed by atoms with van der Waals surface area (Å²) in [4.78, 5) is 38.9. The third-order valence-electron chi connectivity index (χ3n) is 5.52. The lowest BCUT2D eigenvalue weighted by Gasteiger charge is -2.20. The van der Waals surface area contributed by atoms with E-state index in [1.54, 1.807) is 29.2 Å². The summed E-state index contributed by atoms with van der Waals surface area (Å²) < 4.78 is 0. The molecule has 1 saturated heterocycles. The van der Waals surface area contributed by atoms with E-state index >= 15 is 0 Å². The Morgan fingerprint density at radius 2 is 1.79 bits per heavy atom. The van der Waals surface area contributed by atoms with Crippen LogP contribution in [0.3, 0.4) is 0 Å². The van der Waals surface area contributed by atoms with Crippen molar-refractivity contribution in [3.8, 4) is 0 Å². The number of hydrogen-bond donors (Lipinski definition) is 2. The lowest BCUT2D eigenvalue weighted by atomic mass is 10.1. The van der Waals surface area contributed by atoms with E-state index in [1.165, 1.54) is 11.3 Å². The van der Waals surface area contributed by atoms with Gasteiger partial charge < -0.3 is 10.2 Å². The molecule has 1 aliphatic heterocycles. The molecule has 0 aliphatic carbocycles. The Hall–Kier alpha value is -3.30. The molecule has 1 aliphatic rings. The van der Waals surface area contributed by atoms with E-state index in [2.05, 4.69) is 20.8 Å². The molecule has 0 bridgehead atoms. The number of carbonyl (C=O) groups is 3. The van der Waals surface area contributed by atoms with Crippen molar-refractivity contribution < 1.29 is 14.4 Å². The Labute approximate surface area is 206 Å². The van der Waals surface area contributed by atoms with Gasteiger partial charge in [0, 0.05) is 41.7 Å². The fourth-order valence-corrected chi connectivity index (χ4v) is 4.57. The zero-order chi connectivity index (χ0) is 24.2. The first-order valence-corrected chi connectivity index (χ1v) is 12.1. The van der Waals surface area contributed by atoms with Gasteiger partial charge in [-0.25, -0.2) is 0 Å². The highest BCUT2D eigenvalue weighted by Crippen LogP contribution is 2.23. The molecule has 176 valence electrons. The van der Waals surface area contributed by atoms with Crippen LogP contribution in [0.4, 0.5) is 10.8 Å². The molecule has 10 heteroatoms. The maximum atomic E-state index is 12.6. The second-order valence-electron chi connectivity index (χ2n) is 8.37. The number of amides is 3. The second-order valence-corrected chi connectivity index (χ2v) is 9.86. The lowest BCUT2D eigenvalue weighted by molar-refractivity contribution is -0.129. The average molecular weight is 498 g/mol. The molecule has 2 aromatic carbocycles. The van der Waals surface area contributed by atoms with Gasteiger partial charge in [0.2, 0.25) is 16.9 Å².